The van der Waals surface area contributed by atoms with Gasteiger partial charge in [-0.2, -0.15) is 0 Å². The second-order valence-electron chi connectivity index (χ2n) is 11.6. The van der Waals surface area contributed by atoms with Gasteiger partial charge in [0.1, 0.15) is 17.5 Å². The van der Waals surface area contributed by atoms with Gasteiger partial charge < -0.3 is 19.7 Å². The van der Waals surface area contributed by atoms with Crippen LogP contribution in [0.15, 0.2) is 108 Å². The van der Waals surface area contributed by atoms with E-state index in [1.54, 1.807) is 43.4 Å². The minimum absolute atomic E-state index is 0.0196. The highest BCUT2D eigenvalue weighted by Gasteiger charge is 2.31. The number of methoxy groups -OCH3 is 2. The fraction of sp³-hybridized carbons (Fsp3) is 0.297. The average molecular weight is 656 g/mol. The van der Waals surface area contributed by atoms with Crippen LogP contribution in [0.3, 0.4) is 0 Å². The topological polar surface area (TPSA) is 114 Å². The zero-order valence-corrected chi connectivity index (χ0v) is 27.5. The van der Waals surface area contributed by atoms with Crippen LogP contribution in [0.25, 0.3) is 0 Å². The van der Waals surface area contributed by atoms with E-state index in [4.69, 9.17) is 9.47 Å². The highest BCUT2D eigenvalue weighted by molar-refractivity contribution is 7.89. The molecule has 2 N–H and O–H groups in total. The van der Waals surface area contributed by atoms with Gasteiger partial charge in [-0.25, -0.2) is 13.1 Å². The minimum atomic E-state index is -3.56. The lowest BCUT2D eigenvalue weighted by atomic mass is 10.0. The predicted octanol–water partition coefficient (Wildman–Crippen LogP) is 5.21. The standard InChI is InChI=1S/C37H41N3O6S/c1-45-32-17-8-28(9-18-32)24-25-38-37(42)36(30-6-4-3-5-7-30)40(26-29-10-19-33(46-2)20-11-29)35(41)23-14-27-12-21-34(22-13-27)47(43,44)39-31-15-16-31/h3-13,17-22,31,36,39H,14-16,23-26H2,1-2H3,(H,38,42). The second-order valence-corrected chi connectivity index (χ2v) is 13.3. The van der Waals surface area contributed by atoms with Crippen molar-refractivity contribution in [2.45, 2.75) is 55.6 Å². The molecule has 0 heterocycles. The fourth-order valence-corrected chi connectivity index (χ4v) is 6.60. The van der Waals surface area contributed by atoms with Crippen molar-refractivity contribution in [1.29, 1.82) is 0 Å². The summed E-state index contributed by atoms with van der Waals surface area (Å²) in [5.41, 5.74) is 3.43. The van der Waals surface area contributed by atoms with Gasteiger partial charge in [0.2, 0.25) is 21.8 Å². The quantitative estimate of drug-likeness (QED) is 0.172. The Morgan fingerprint density at radius 1 is 0.766 bits per heavy atom. The minimum Gasteiger partial charge on any atom is -0.497 e. The molecule has 0 aromatic heterocycles. The SMILES string of the molecule is COc1ccc(CCNC(=O)C(c2ccccc2)N(Cc2ccc(OC)cc2)C(=O)CCc2ccc(S(=O)(=O)NC3CC3)cc2)cc1. The normalized spacial score (nSPS) is 13.4. The van der Waals surface area contributed by atoms with Gasteiger partial charge in [0.15, 0.2) is 0 Å². The molecule has 0 aliphatic heterocycles. The number of nitrogens with one attached hydrogen (secondary N) is 2. The van der Waals surface area contributed by atoms with E-state index in [1.807, 2.05) is 78.9 Å². The Balaban J connectivity index is 1.34. The first-order valence-corrected chi connectivity index (χ1v) is 17.2. The molecule has 2 amide bonds. The molecule has 4 aromatic rings. The van der Waals surface area contributed by atoms with Crippen LogP contribution in [0.1, 0.15) is 47.6 Å². The summed E-state index contributed by atoms with van der Waals surface area (Å²) < 4.78 is 38.4. The van der Waals surface area contributed by atoms with Gasteiger partial charge in [-0.05, 0) is 84.3 Å². The van der Waals surface area contributed by atoms with Crippen molar-refractivity contribution in [3.63, 3.8) is 0 Å². The first kappa shape index (κ1) is 33.7. The number of hydrogen-bond acceptors (Lipinski definition) is 6. The van der Waals surface area contributed by atoms with Gasteiger partial charge in [-0.1, -0.05) is 66.7 Å². The third-order valence-electron chi connectivity index (χ3n) is 8.14. The summed E-state index contributed by atoms with van der Waals surface area (Å²) in [6, 6.07) is 30.2. The van der Waals surface area contributed by atoms with Crippen LogP contribution in [-0.4, -0.2) is 51.9 Å². The van der Waals surface area contributed by atoms with Crippen molar-refractivity contribution in [3.05, 3.63) is 125 Å². The zero-order valence-electron chi connectivity index (χ0n) is 26.7. The molecular weight excluding hydrogens is 614 g/mol. The smallest absolute Gasteiger partial charge is 0.247 e. The third-order valence-corrected chi connectivity index (χ3v) is 9.68. The number of rotatable bonds is 16. The summed E-state index contributed by atoms with van der Waals surface area (Å²) >= 11 is 0. The van der Waals surface area contributed by atoms with Crippen LogP contribution < -0.4 is 19.5 Å². The number of carbonyl (C=O) groups excluding carboxylic acids is 2. The fourth-order valence-electron chi connectivity index (χ4n) is 5.30. The first-order chi connectivity index (χ1) is 22.8. The molecule has 5 rings (SSSR count). The van der Waals surface area contributed by atoms with E-state index in [9.17, 15) is 18.0 Å². The zero-order chi connectivity index (χ0) is 33.2. The number of carbonyl (C=O) groups is 2. The maximum Gasteiger partial charge on any atom is 0.247 e. The summed E-state index contributed by atoms with van der Waals surface area (Å²) in [7, 11) is -0.347. The predicted molar refractivity (Wildman–Crippen MR) is 181 cm³/mol. The van der Waals surface area contributed by atoms with Crippen molar-refractivity contribution in [3.8, 4) is 11.5 Å². The largest absolute Gasteiger partial charge is 0.497 e. The average Bonchev–Trinajstić information content (AvgIpc) is 3.91. The Kier molecular flexibility index (Phi) is 11.3. The molecule has 1 unspecified atom stereocenters. The molecule has 47 heavy (non-hydrogen) atoms. The Bertz CT molecular complexity index is 1720. The summed E-state index contributed by atoms with van der Waals surface area (Å²) in [6.07, 6.45) is 2.85. The van der Waals surface area contributed by atoms with Gasteiger partial charge >= 0.3 is 0 Å². The molecule has 0 radical (unpaired) electrons. The van der Waals surface area contributed by atoms with Crippen molar-refractivity contribution in [2.75, 3.05) is 20.8 Å². The molecule has 1 atom stereocenters. The second kappa shape index (κ2) is 15.8. The Hall–Kier alpha value is -4.67. The van der Waals surface area contributed by atoms with Crippen LogP contribution in [-0.2, 0) is 39.0 Å². The molecular formula is C37H41N3O6S. The van der Waals surface area contributed by atoms with Crippen LogP contribution in [0, 0.1) is 0 Å². The molecule has 1 saturated carbocycles. The number of benzene rings is 4. The van der Waals surface area contributed by atoms with Crippen LogP contribution >= 0.6 is 0 Å². The highest BCUT2D eigenvalue weighted by atomic mass is 32.2. The molecule has 246 valence electrons. The lowest BCUT2D eigenvalue weighted by Gasteiger charge is -2.32. The van der Waals surface area contributed by atoms with E-state index in [0.29, 0.717) is 30.7 Å². The summed E-state index contributed by atoms with van der Waals surface area (Å²) in [5, 5.41) is 3.06. The number of nitrogens with zero attached hydrogens (tertiary/aromatic N) is 1. The summed E-state index contributed by atoms with van der Waals surface area (Å²) in [4.78, 5) is 29.9. The lowest BCUT2D eigenvalue weighted by Crippen LogP contribution is -2.44. The van der Waals surface area contributed by atoms with E-state index >= 15 is 0 Å². The van der Waals surface area contributed by atoms with Crippen molar-refractivity contribution in [1.82, 2.24) is 14.9 Å². The van der Waals surface area contributed by atoms with E-state index in [2.05, 4.69) is 10.0 Å². The van der Waals surface area contributed by atoms with Gasteiger partial charge in [0.25, 0.3) is 0 Å². The molecule has 0 bridgehead atoms. The maximum absolute atomic E-state index is 14.1. The van der Waals surface area contributed by atoms with Crippen molar-refractivity contribution >= 4 is 21.8 Å². The molecule has 1 fully saturated rings. The van der Waals surface area contributed by atoms with Crippen LogP contribution in [0.5, 0.6) is 11.5 Å². The van der Waals surface area contributed by atoms with Crippen molar-refractivity contribution in [2.24, 2.45) is 0 Å². The van der Waals surface area contributed by atoms with E-state index in [-0.39, 0.29) is 35.7 Å². The van der Waals surface area contributed by atoms with Crippen molar-refractivity contribution < 1.29 is 27.5 Å². The number of hydrogen-bond donors (Lipinski definition) is 2. The number of amides is 2. The third kappa shape index (κ3) is 9.43. The van der Waals surface area contributed by atoms with Gasteiger partial charge in [-0.3, -0.25) is 9.59 Å². The molecule has 1 aliphatic carbocycles. The molecule has 10 heteroatoms. The number of ether oxygens (including phenoxy) is 2. The van der Waals surface area contributed by atoms with E-state index in [0.717, 1.165) is 35.3 Å². The summed E-state index contributed by atoms with van der Waals surface area (Å²) in [6.45, 7) is 0.599. The molecule has 1 aliphatic rings. The first-order valence-electron chi connectivity index (χ1n) is 15.7. The molecule has 4 aromatic carbocycles. The number of aryl methyl sites for hydroxylation is 1. The van der Waals surface area contributed by atoms with Gasteiger partial charge in [0.05, 0.1) is 19.1 Å². The maximum atomic E-state index is 14.1. The molecule has 0 saturated heterocycles. The molecule has 9 nitrogen and oxygen atoms in total. The van der Waals surface area contributed by atoms with E-state index < -0.39 is 16.1 Å². The summed E-state index contributed by atoms with van der Waals surface area (Å²) in [5.74, 6) is 0.984. The number of sulfonamides is 1. The lowest BCUT2D eigenvalue weighted by molar-refractivity contribution is -0.141. The Morgan fingerprint density at radius 2 is 1.32 bits per heavy atom. The van der Waals surface area contributed by atoms with Crippen LogP contribution in [0.4, 0.5) is 0 Å². The monoisotopic (exact) mass is 655 g/mol. The molecule has 0 spiro atoms. The Morgan fingerprint density at radius 3 is 1.89 bits per heavy atom. The Labute approximate surface area is 277 Å². The highest BCUT2D eigenvalue weighted by Crippen LogP contribution is 2.27. The van der Waals surface area contributed by atoms with Crippen LogP contribution in [0.2, 0.25) is 0 Å². The van der Waals surface area contributed by atoms with E-state index in [1.165, 1.54) is 0 Å². The van der Waals surface area contributed by atoms with Gasteiger partial charge in [-0.15, -0.1) is 0 Å². The van der Waals surface area contributed by atoms with Gasteiger partial charge in [0, 0.05) is 25.6 Å².